The van der Waals surface area contributed by atoms with Gasteiger partial charge in [-0.15, -0.1) is 0 Å². The van der Waals surface area contributed by atoms with Crippen LogP contribution in [0.4, 0.5) is 0 Å². The van der Waals surface area contributed by atoms with Gasteiger partial charge < -0.3 is 19.5 Å². The van der Waals surface area contributed by atoms with Gasteiger partial charge in [0.05, 0.1) is 17.2 Å². The second-order valence-electron chi connectivity index (χ2n) is 10.4. The van der Waals surface area contributed by atoms with Crippen molar-refractivity contribution in [3.05, 3.63) is 53.1 Å². The fraction of sp³-hybridized carbons (Fsp3) is 0.407. The Morgan fingerprint density at radius 3 is 2.50 bits per heavy atom. The first-order chi connectivity index (χ1) is 16.8. The van der Waals surface area contributed by atoms with Gasteiger partial charge in [0.25, 0.3) is 0 Å². The Morgan fingerprint density at radius 1 is 1.22 bits per heavy atom. The van der Waals surface area contributed by atoms with Crippen LogP contribution in [0.5, 0.6) is 17.2 Å². The Hall–Kier alpha value is -3.33. The maximum absolute atomic E-state index is 13.0. The molecule has 9 heteroatoms. The molecule has 8 nitrogen and oxygen atoms in total. The zero-order valence-electron chi connectivity index (χ0n) is 21.0. The van der Waals surface area contributed by atoms with Gasteiger partial charge in [0.1, 0.15) is 29.5 Å². The zero-order valence-corrected chi connectivity index (χ0v) is 21.8. The maximum Gasteiger partial charge on any atom is 0.308 e. The van der Waals surface area contributed by atoms with Gasteiger partial charge in [-0.25, -0.2) is 0 Å². The molecule has 1 amide bonds. The second kappa shape index (κ2) is 9.61. The van der Waals surface area contributed by atoms with Gasteiger partial charge in [-0.05, 0) is 48.6 Å². The number of esters is 1. The second-order valence-corrected chi connectivity index (χ2v) is 11.6. The molecule has 1 fully saturated rings. The smallest absolute Gasteiger partial charge is 0.308 e. The predicted octanol–water partition coefficient (Wildman–Crippen LogP) is 4.42. The van der Waals surface area contributed by atoms with Crippen LogP contribution >= 0.6 is 11.8 Å². The van der Waals surface area contributed by atoms with Crippen molar-refractivity contribution in [1.82, 2.24) is 5.32 Å². The number of ether oxygens (including phenoxy) is 3. The van der Waals surface area contributed by atoms with E-state index in [1.54, 1.807) is 12.1 Å². The van der Waals surface area contributed by atoms with E-state index in [0.29, 0.717) is 29.2 Å². The molecule has 2 unspecified atom stereocenters. The van der Waals surface area contributed by atoms with Gasteiger partial charge in [0.2, 0.25) is 5.91 Å². The first kappa shape index (κ1) is 25.8. The minimum atomic E-state index is -0.875. The molecule has 0 aromatic heterocycles. The normalized spacial score (nSPS) is 21.5. The van der Waals surface area contributed by atoms with Crippen molar-refractivity contribution in [2.45, 2.75) is 63.7 Å². The monoisotopic (exact) mass is 510 g/mol. The number of fused-ring (bicyclic) bond motifs is 1. The van der Waals surface area contributed by atoms with Crippen LogP contribution in [0, 0.1) is 5.41 Å². The highest BCUT2D eigenvalue weighted by Gasteiger charge is 2.39. The van der Waals surface area contributed by atoms with E-state index in [0.717, 1.165) is 11.1 Å². The molecule has 0 spiro atoms. The molecule has 2 aliphatic rings. The van der Waals surface area contributed by atoms with Gasteiger partial charge >= 0.3 is 5.97 Å². The predicted molar refractivity (Wildman–Crippen MR) is 137 cm³/mol. The highest BCUT2D eigenvalue weighted by molar-refractivity contribution is 8.15. The zero-order chi connectivity index (χ0) is 26.3. The van der Waals surface area contributed by atoms with Crippen molar-refractivity contribution >= 4 is 34.6 Å². The molecule has 0 saturated carbocycles. The number of ketones is 1. The number of hydrogen-bond donors (Lipinski definition) is 2. The Balaban J connectivity index is 1.46. The SMILES string of the molecule is CC(=O)Oc1cc2c(cc1C(C)(C)C)OC(C)(COc1ccc(CC3SC(=N)NC3=O)cc1)CC2=O. The standard InChI is InChI=1S/C27H30N2O6S/c1-15(30)34-22-11-18-20(31)13-27(5,35-21(18)12-19(22)26(2,3)4)14-33-17-8-6-16(7-9-17)10-23-24(32)29-25(28)36-23/h6-9,11-12,23H,10,13-14H2,1-5H3,(H2,28,29,32). The lowest BCUT2D eigenvalue weighted by atomic mass is 9.83. The van der Waals surface area contributed by atoms with Crippen molar-refractivity contribution in [3.8, 4) is 17.2 Å². The summed E-state index contributed by atoms with van der Waals surface area (Å²) in [6.07, 6.45) is 0.642. The lowest BCUT2D eigenvalue weighted by molar-refractivity contribution is -0.132. The van der Waals surface area contributed by atoms with Crippen LogP contribution in [-0.2, 0) is 21.4 Å². The summed E-state index contributed by atoms with van der Waals surface area (Å²) in [7, 11) is 0. The van der Waals surface area contributed by atoms with Crippen molar-refractivity contribution < 1.29 is 28.6 Å². The van der Waals surface area contributed by atoms with Crippen LogP contribution in [0.25, 0.3) is 0 Å². The van der Waals surface area contributed by atoms with E-state index < -0.39 is 11.6 Å². The van der Waals surface area contributed by atoms with E-state index in [1.165, 1.54) is 18.7 Å². The van der Waals surface area contributed by atoms with Gasteiger partial charge in [-0.3, -0.25) is 19.8 Å². The molecule has 0 bridgehead atoms. The van der Waals surface area contributed by atoms with Gasteiger partial charge in [0, 0.05) is 12.5 Å². The van der Waals surface area contributed by atoms with E-state index in [1.807, 2.05) is 52.0 Å². The van der Waals surface area contributed by atoms with E-state index >= 15 is 0 Å². The lowest BCUT2D eigenvalue weighted by Gasteiger charge is -2.36. The number of thioether (sulfide) groups is 1. The fourth-order valence-electron chi connectivity index (χ4n) is 4.23. The molecule has 1 saturated heterocycles. The molecule has 2 atom stereocenters. The first-order valence-corrected chi connectivity index (χ1v) is 12.6. The molecular formula is C27H30N2O6S. The van der Waals surface area contributed by atoms with Gasteiger partial charge in [-0.1, -0.05) is 44.7 Å². The van der Waals surface area contributed by atoms with Crippen LogP contribution in [0.15, 0.2) is 36.4 Å². The Kier molecular flexibility index (Phi) is 6.88. The Labute approximate surface area is 214 Å². The maximum atomic E-state index is 13.0. The number of nitrogens with one attached hydrogen (secondary N) is 2. The highest BCUT2D eigenvalue weighted by atomic mass is 32.2. The van der Waals surface area contributed by atoms with E-state index in [-0.39, 0.29) is 40.6 Å². The number of amidine groups is 1. The molecule has 2 aromatic rings. The summed E-state index contributed by atoms with van der Waals surface area (Å²) in [5, 5.41) is 9.96. The minimum Gasteiger partial charge on any atom is -0.489 e. The average Bonchev–Trinajstić information content (AvgIpc) is 3.09. The van der Waals surface area contributed by atoms with E-state index in [2.05, 4.69) is 5.32 Å². The number of carbonyl (C=O) groups excluding carboxylic acids is 3. The van der Waals surface area contributed by atoms with Gasteiger partial charge in [-0.2, -0.15) is 0 Å². The van der Waals surface area contributed by atoms with Crippen LogP contribution < -0.4 is 19.5 Å². The fourth-order valence-corrected chi connectivity index (χ4v) is 5.11. The summed E-state index contributed by atoms with van der Waals surface area (Å²) in [5.74, 6) is 0.747. The molecule has 36 heavy (non-hydrogen) atoms. The summed E-state index contributed by atoms with van der Waals surface area (Å²) < 4.78 is 17.7. The largest absolute Gasteiger partial charge is 0.489 e. The summed E-state index contributed by atoms with van der Waals surface area (Å²) in [4.78, 5) is 36.5. The van der Waals surface area contributed by atoms with Crippen molar-refractivity contribution in [1.29, 1.82) is 5.41 Å². The summed E-state index contributed by atoms with van der Waals surface area (Å²) in [5.41, 5.74) is 0.917. The van der Waals surface area contributed by atoms with Crippen molar-refractivity contribution in [3.63, 3.8) is 0 Å². The Morgan fingerprint density at radius 2 is 1.92 bits per heavy atom. The van der Waals surface area contributed by atoms with Crippen molar-refractivity contribution in [2.75, 3.05) is 6.61 Å². The van der Waals surface area contributed by atoms with Crippen LogP contribution in [0.1, 0.15) is 62.5 Å². The number of benzene rings is 2. The van der Waals surface area contributed by atoms with Crippen LogP contribution in [0.3, 0.4) is 0 Å². The topological polar surface area (TPSA) is 115 Å². The third kappa shape index (κ3) is 5.73. The molecule has 2 heterocycles. The van der Waals surface area contributed by atoms with Crippen LogP contribution in [-0.4, -0.2) is 40.3 Å². The lowest BCUT2D eigenvalue weighted by Crippen LogP contribution is -2.44. The average molecular weight is 511 g/mol. The number of Topliss-reactive ketones (excluding diaryl/α,β-unsaturated/α-hetero) is 1. The molecule has 0 aliphatic carbocycles. The molecule has 2 aromatic carbocycles. The van der Waals surface area contributed by atoms with E-state index in [9.17, 15) is 14.4 Å². The van der Waals surface area contributed by atoms with Crippen molar-refractivity contribution in [2.24, 2.45) is 0 Å². The molecule has 0 radical (unpaired) electrons. The summed E-state index contributed by atoms with van der Waals surface area (Å²) in [6, 6.07) is 10.8. The summed E-state index contributed by atoms with van der Waals surface area (Å²) in [6.45, 7) is 9.33. The minimum absolute atomic E-state index is 0.107. The number of rotatable bonds is 6. The molecule has 4 rings (SSSR count). The van der Waals surface area contributed by atoms with Crippen LogP contribution in [0.2, 0.25) is 0 Å². The Bertz CT molecular complexity index is 1230. The first-order valence-electron chi connectivity index (χ1n) is 11.7. The molecule has 2 aliphatic heterocycles. The van der Waals surface area contributed by atoms with Gasteiger partial charge in [0.15, 0.2) is 11.0 Å². The molecule has 190 valence electrons. The number of hydrogen-bond acceptors (Lipinski definition) is 8. The number of amides is 1. The van der Waals surface area contributed by atoms with E-state index in [4.69, 9.17) is 19.6 Å². The third-order valence-corrected chi connectivity index (χ3v) is 7.02. The third-order valence-electron chi connectivity index (χ3n) is 6.01. The highest BCUT2D eigenvalue weighted by Crippen LogP contribution is 2.42. The summed E-state index contributed by atoms with van der Waals surface area (Å²) >= 11 is 1.22. The molecule has 2 N–H and O–H groups in total. The quantitative estimate of drug-likeness (QED) is 0.437. The molecular weight excluding hydrogens is 480 g/mol. The number of carbonyl (C=O) groups is 3.